The van der Waals surface area contributed by atoms with Crippen LogP contribution in [0.4, 0.5) is 17.6 Å². The van der Waals surface area contributed by atoms with Crippen molar-refractivity contribution < 1.29 is 32.3 Å². The van der Waals surface area contributed by atoms with E-state index in [4.69, 9.17) is 9.90 Å². The van der Waals surface area contributed by atoms with Crippen LogP contribution in [0.1, 0.15) is 27.0 Å². The second-order valence-electron chi connectivity index (χ2n) is 8.07. The maximum absolute atomic E-state index is 13.3. The number of carbonyl (C=O) groups is 2. The van der Waals surface area contributed by atoms with Crippen molar-refractivity contribution in [2.75, 3.05) is 13.1 Å². The molecule has 2 aromatic heterocycles. The van der Waals surface area contributed by atoms with Crippen molar-refractivity contribution in [2.24, 2.45) is 0 Å². The van der Waals surface area contributed by atoms with Gasteiger partial charge in [-0.25, -0.2) is 9.18 Å². The number of benzene rings is 1. The number of carboxylic acids is 1. The molecule has 1 N–H and O–H groups in total. The lowest BCUT2D eigenvalue weighted by Crippen LogP contribution is -2.49. The highest BCUT2D eigenvalue weighted by molar-refractivity contribution is 7.09. The topological polar surface area (TPSA) is 65.8 Å². The molecule has 0 radical (unpaired) electrons. The normalized spacial score (nSPS) is 19.9. The zero-order valence-electron chi connectivity index (χ0n) is 17.8. The molecule has 1 fully saturated rings. The summed E-state index contributed by atoms with van der Waals surface area (Å²) in [7, 11) is 0. The van der Waals surface area contributed by atoms with Gasteiger partial charge in [0.05, 0.1) is 12.1 Å². The van der Waals surface area contributed by atoms with Crippen molar-refractivity contribution in [1.82, 2.24) is 14.4 Å². The van der Waals surface area contributed by atoms with E-state index in [1.165, 1.54) is 17.0 Å². The number of halogens is 4. The predicted molar refractivity (Wildman–Crippen MR) is 117 cm³/mol. The Balaban J connectivity index is 0.000000344. The monoisotopic (exact) mass is 495 g/mol. The number of alkyl halides is 3. The number of carbonyl (C=O) groups excluding carboxylic acids is 1. The molecule has 2 unspecified atom stereocenters. The van der Waals surface area contributed by atoms with E-state index in [0.29, 0.717) is 6.54 Å². The number of aliphatic carboxylic acids is 1. The van der Waals surface area contributed by atoms with Crippen LogP contribution < -0.4 is 0 Å². The first-order valence-corrected chi connectivity index (χ1v) is 11.3. The number of rotatable bonds is 4. The van der Waals surface area contributed by atoms with Gasteiger partial charge < -0.3 is 14.6 Å². The Labute approximate surface area is 196 Å². The van der Waals surface area contributed by atoms with Crippen molar-refractivity contribution in [3.63, 3.8) is 0 Å². The molecule has 0 spiro atoms. The van der Waals surface area contributed by atoms with Gasteiger partial charge in [0, 0.05) is 37.3 Å². The van der Waals surface area contributed by atoms with E-state index in [1.807, 2.05) is 23.2 Å². The summed E-state index contributed by atoms with van der Waals surface area (Å²) < 4.78 is 47.1. The van der Waals surface area contributed by atoms with E-state index >= 15 is 0 Å². The molecule has 11 heteroatoms. The first-order chi connectivity index (χ1) is 16.1. The molecule has 2 aliphatic rings. The highest BCUT2D eigenvalue weighted by Crippen LogP contribution is 2.35. The van der Waals surface area contributed by atoms with Gasteiger partial charge >= 0.3 is 12.1 Å². The van der Waals surface area contributed by atoms with E-state index in [0.717, 1.165) is 30.9 Å². The third-order valence-corrected chi connectivity index (χ3v) is 6.68. The molecule has 5 rings (SSSR count). The number of hydrogen-bond donors (Lipinski definition) is 1. The summed E-state index contributed by atoms with van der Waals surface area (Å²) in [5.74, 6) is -2.95. The van der Waals surface area contributed by atoms with Crippen LogP contribution in [0.3, 0.4) is 0 Å². The maximum atomic E-state index is 13.3. The minimum atomic E-state index is -5.08. The molecule has 0 saturated carbocycles. The van der Waals surface area contributed by atoms with E-state index in [-0.39, 0.29) is 23.8 Å². The molecule has 3 aromatic rings. The molecule has 180 valence electrons. The Morgan fingerprint density at radius 1 is 1.03 bits per heavy atom. The Hall–Kier alpha value is -3.18. The summed E-state index contributed by atoms with van der Waals surface area (Å²) in [5.41, 5.74) is 1.71. The number of nitrogens with zero attached hydrogens (tertiary/aromatic N) is 3. The lowest BCUT2D eigenvalue weighted by atomic mass is 10.0. The van der Waals surface area contributed by atoms with Gasteiger partial charge in [-0.15, -0.1) is 11.3 Å². The van der Waals surface area contributed by atoms with Crippen LogP contribution in [0, 0.1) is 5.82 Å². The molecule has 0 bridgehead atoms. The first kappa shape index (κ1) is 24.0. The van der Waals surface area contributed by atoms with Crippen LogP contribution in [0.2, 0.25) is 0 Å². The highest BCUT2D eigenvalue weighted by Gasteiger charge is 2.44. The Kier molecular flexibility index (Phi) is 6.76. The predicted octanol–water partition coefficient (Wildman–Crippen LogP) is 4.40. The van der Waals surface area contributed by atoms with Gasteiger partial charge in [-0.1, -0.05) is 18.2 Å². The number of fused-ring (bicyclic) bond motifs is 3. The number of likely N-dealkylation sites (tertiary alicyclic amines) is 1. The number of aromatic nitrogens is 1. The first-order valence-electron chi connectivity index (χ1n) is 10.4. The third kappa shape index (κ3) is 5.15. The molecule has 1 saturated heterocycles. The smallest absolute Gasteiger partial charge is 0.475 e. The van der Waals surface area contributed by atoms with Crippen molar-refractivity contribution in [1.29, 1.82) is 0 Å². The molecule has 1 aromatic carbocycles. The molecule has 34 heavy (non-hydrogen) atoms. The third-order valence-electron chi connectivity index (χ3n) is 5.82. The lowest BCUT2D eigenvalue weighted by molar-refractivity contribution is -0.192. The summed E-state index contributed by atoms with van der Waals surface area (Å²) in [6.07, 6.45) is -3.06. The van der Waals surface area contributed by atoms with Gasteiger partial charge in [0.25, 0.3) is 5.91 Å². The van der Waals surface area contributed by atoms with E-state index in [2.05, 4.69) is 27.0 Å². The summed E-state index contributed by atoms with van der Waals surface area (Å²) in [6, 6.07) is 14.9. The fourth-order valence-electron chi connectivity index (χ4n) is 4.32. The number of amides is 1. The van der Waals surface area contributed by atoms with Crippen molar-refractivity contribution in [2.45, 2.75) is 31.3 Å². The van der Waals surface area contributed by atoms with Gasteiger partial charge in [-0.2, -0.15) is 13.2 Å². The fraction of sp³-hybridized carbons (Fsp3) is 0.304. The lowest BCUT2D eigenvalue weighted by Gasteiger charge is -2.38. The average Bonchev–Trinajstić information content (AvgIpc) is 3.53. The maximum Gasteiger partial charge on any atom is 0.490 e. The Morgan fingerprint density at radius 2 is 1.71 bits per heavy atom. The average molecular weight is 495 g/mol. The second-order valence-corrected chi connectivity index (χ2v) is 9.10. The molecule has 6 nitrogen and oxygen atoms in total. The minimum absolute atomic E-state index is 0.0588. The summed E-state index contributed by atoms with van der Waals surface area (Å²) in [4.78, 5) is 27.8. The summed E-state index contributed by atoms with van der Waals surface area (Å²) >= 11 is 1.77. The molecule has 1 amide bonds. The number of hydrogen-bond acceptors (Lipinski definition) is 4. The number of thiophene rings is 1. The fourth-order valence-corrected chi connectivity index (χ4v) is 5.06. The Bertz CT molecular complexity index is 1150. The SMILES string of the molecule is O=C(O)C(F)(F)F.O=C1c2cccn2C2CN(Cc3cccs3)CC2N1Cc1ccc(F)cc1. The van der Waals surface area contributed by atoms with Crippen molar-refractivity contribution in [3.8, 4) is 0 Å². The van der Waals surface area contributed by atoms with Crippen LogP contribution in [0.25, 0.3) is 0 Å². The molecule has 4 heterocycles. The van der Waals surface area contributed by atoms with Crippen LogP contribution in [-0.2, 0) is 17.9 Å². The second kappa shape index (κ2) is 9.59. The largest absolute Gasteiger partial charge is 0.490 e. The van der Waals surface area contributed by atoms with Crippen LogP contribution in [0.5, 0.6) is 0 Å². The zero-order chi connectivity index (χ0) is 24.5. The quantitative estimate of drug-likeness (QED) is 0.545. The molecular weight excluding hydrogens is 474 g/mol. The Morgan fingerprint density at radius 3 is 2.32 bits per heavy atom. The summed E-state index contributed by atoms with van der Waals surface area (Å²) in [6.45, 7) is 3.21. The van der Waals surface area contributed by atoms with Gasteiger partial charge in [0.1, 0.15) is 11.5 Å². The van der Waals surface area contributed by atoms with E-state index in [9.17, 15) is 22.4 Å². The van der Waals surface area contributed by atoms with Crippen molar-refractivity contribution in [3.05, 3.63) is 82.1 Å². The van der Waals surface area contributed by atoms with Gasteiger partial charge in [0.15, 0.2) is 0 Å². The molecule has 2 aliphatic heterocycles. The van der Waals surface area contributed by atoms with Gasteiger partial charge in [0.2, 0.25) is 0 Å². The minimum Gasteiger partial charge on any atom is -0.475 e. The van der Waals surface area contributed by atoms with Gasteiger partial charge in [-0.05, 0) is 41.3 Å². The van der Waals surface area contributed by atoms with E-state index in [1.54, 1.807) is 23.5 Å². The van der Waals surface area contributed by atoms with Crippen LogP contribution in [-0.4, -0.2) is 56.7 Å². The van der Waals surface area contributed by atoms with Crippen LogP contribution >= 0.6 is 11.3 Å². The van der Waals surface area contributed by atoms with E-state index < -0.39 is 12.1 Å². The van der Waals surface area contributed by atoms with Crippen LogP contribution in [0.15, 0.2) is 60.1 Å². The molecule has 2 atom stereocenters. The van der Waals surface area contributed by atoms with Crippen molar-refractivity contribution >= 4 is 23.2 Å². The van der Waals surface area contributed by atoms with Gasteiger partial charge in [-0.3, -0.25) is 9.69 Å². The molecule has 0 aliphatic carbocycles. The summed E-state index contributed by atoms with van der Waals surface area (Å²) in [5, 5.41) is 9.23. The zero-order valence-corrected chi connectivity index (χ0v) is 18.6. The molecular formula is C23H21F4N3O3S. The number of carboxylic acid groups (broad SMARTS) is 1. The highest BCUT2D eigenvalue weighted by atomic mass is 32.1. The standard InChI is InChI=1S/C21H20FN3OS.C2HF3O2/c22-16-7-5-15(6-8-16)11-25-20-14-23(12-17-3-2-10-27-17)13-19(20)24-9-1-4-18(24)21(25)26;3-2(4,5)1(6)7/h1-10,19-20H,11-14H2;(H,6,7).